The van der Waals surface area contributed by atoms with Gasteiger partial charge in [-0.3, -0.25) is 9.69 Å². The molecule has 140 valence electrons. The summed E-state index contributed by atoms with van der Waals surface area (Å²) in [5.41, 5.74) is 0.763. The second-order valence-electron chi connectivity index (χ2n) is 6.85. The lowest BCUT2D eigenvalue weighted by Gasteiger charge is -2.34. The lowest BCUT2D eigenvalue weighted by molar-refractivity contribution is 0.0640. The third-order valence-corrected chi connectivity index (χ3v) is 7.79. The number of sulfonamides is 1. The van der Waals surface area contributed by atoms with Gasteiger partial charge in [-0.05, 0) is 24.3 Å². The molecular weight excluding hydrogens is 358 g/mol. The molecule has 6 nitrogen and oxygen atoms in total. The number of amides is 1. The number of carbonyl (C=O) groups excluding carboxylic acids is 1. The third kappa shape index (κ3) is 5.03. The van der Waals surface area contributed by atoms with Gasteiger partial charge >= 0.3 is 0 Å². The van der Waals surface area contributed by atoms with Crippen molar-refractivity contribution in [3.05, 3.63) is 22.4 Å². The summed E-state index contributed by atoms with van der Waals surface area (Å²) in [6.07, 6.45) is 4.77. The number of nitrogens with one attached hydrogen (secondary N) is 1. The predicted octanol–water partition coefficient (Wildman–Crippen LogP) is 1.76. The second kappa shape index (κ2) is 8.62. The molecule has 0 bridgehead atoms. The van der Waals surface area contributed by atoms with E-state index in [1.807, 2.05) is 21.7 Å². The zero-order chi connectivity index (χ0) is 17.7. The molecule has 2 aliphatic rings. The summed E-state index contributed by atoms with van der Waals surface area (Å²) in [6, 6.07) is 1.86. The molecule has 8 heteroatoms. The Balaban J connectivity index is 1.38. The molecule has 1 saturated carbocycles. The van der Waals surface area contributed by atoms with Gasteiger partial charge in [0.1, 0.15) is 0 Å². The first-order valence-corrected chi connectivity index (χ1v) is 11.6. The van der Waals surface area contributed by atoms with Crippen molar-refractivity contribution in [1.29, 1.82) is 0 Å². The summed E-state index contributed by atoms with van der Waals surface area (Å²) >= 11 is 1.53. The van der Waals surface area contributed by atoms with E-state index in [0.29, 0.717) is 26.2 Å². The Labute approximate surface area is 154 Å². The van der Waals surface area contributed by atoms with Gasteiger partial charge in [0.25, 0.3) is 5.91 Å². The summed E-state index contributed by atoms with van der Waals surface area (Å²) in [6.45, 7) is 4.14. The number of piperazine rings is 1. The van der Waals surface area contributed by atoms with E-state index in [1.54, 1.807) is 0 Å². The van der Waals surface area contributed by atoms with Crippen LogP contribution >= 0.6 is 11.3 Å². The van der Waals surface area contributed by atoms with Crippen LogP contribution in [-0.2, 0) is 10.0 Å². The Morgan fingerprint density at radius 1 is 1.16 bits per heavy atom. The van der Waals surface area contributed by atoms with Gasteiger partial charge in [0.15, 0.2) is 0 Å². The van der Waals surface area contributed by atoms with Crippen LogP contribution < -0.4 is 4.72 Å². The first-order valence-electron chi connectivity index (χ1n) is 9.08. The molecule has 1 aliphatic heterocycles. The van der Waals surface area contributed by atoms with Crippen LogP contribution in [0.5, 0.6) is 0 Å². The van der Waals surface area contributed by atoms with E-state index in [9.17, 15) is 13.2 Å². The quantitative estimate of drug-likeness (QED) is 0.810. The van der Waals surface area contributed by atoms with Crippen molar-refractivity contribution in [3.63, 3.8) is 0 Å². The van der Waals surface area contributed by atoms with Gasteiger partial charge in [-0.25, -0.2) is 13.1 Å². The van der Waals surface area contributed by atoms with Gasteiger partial charge in [0, 0.05) is 44.6 Å². The van der Waals surface area contributed by atoms with E-state index in [0.717, 1.165) is 50.8 Å². The van der Waals surface area contributed by atoms with Crippen molar-refractivity contribution in [2.45, 2.75) is 37.4 Å². The maximum Gasteiger partial charge on any atom is 0.254 e. The number of hydrogen-bond acceptors (Lipinski definition) is 5. The summed E-state index contributed by atoms with van der Waals surface area (Å²) in [5.74, 6) is 0.0962. The van der Waals surface area contributed by atoms with Gasteiger partial charge in [0.2, 0.25) is 10.0 Å². The van der Waals surface area contributed by atoms with Crippen molar-refractivity contribution in [1.82, 2.24) is 14.5 Å². The van der Waals surface area contributed by atoms with Crippen molar-refractivity contribution in [3.8, 4) is 0 Å². The van der Waals surface area contributed by atoms with Gasteiger partial charge < -0.3 is 4.90 Å². The molecule has 0 aromatic carbocycles. The van der Waals surface area contributed by atoms with E-state index >= 15 is 0 Å². The van der Waals surface area contributed by atoms with Gasteiger partial charge in [-0.1, -0.05) is 19.3 Å². The Kier molecular flexibility index (Phi) is 6.49. The van der Waals surface area contributed by atoms with E-state index in [1.165, 1.54) is 11.3 Å². The maximum atomic E-state index is 12.3. The third-order valence-electron chi connectivity index (χ3n) is 5.15. The molecule has 1 N–H and O–H groups in total. The molecule has 1 saturated heterocycles. The maximum absolute atomic E-state index is 12.3. The summed E-state index contributed by atoms with van der Waals surface area (Å²) in [5, 5.41) is 3.60. The van der Waals surface area contributed by atoms with Crippen LogP contribution in [-0.4, -0.2) is 68.6 Å². The fourth-order valence-electron chi connectivity index (χ4n) is 3.58. The van der Waals surface area contributed by atoms with Crippen LogP contribution in [0.25, 0.3) is 0 Å². The van der Waals surface area contributed by atoms with E-state index in [-0.39, 0.29) is 11.2 Å². The smallest absolute Gasteiger partial charge is 0.254 e. The SMILES string of the molecule is O=C(c1ccsc1)N1CCN(CCNS(=O)(=O)C2CCCCC2)CC1. The van der Waals surface area contributed by atoms with Gasteiger partial charge in [-0.15, -0.1) is 0 Å². The normalized spacial score (nSPS) is 20.7. The van der Waals surface area contributed by atoms with Crippen LogP contribution in [0, 0.1) is 0 Å². The van der Waals surface area contributed by atoms with Crippen LogP contribution in [0.4, 0.5) is 0 Å². The number of hydrogen-bond donors (Lipinski definition) is 1. The fourth-order valence-corrected chi connectivity index (χ4v) is 5.78. The molecule has 1 aromatic heterocycles. The Morgan fingerprint density at radius 3 is 2.52 bits per heavy atom. The first-order chi connectivity index (χ1) is 12.1. The molecule has 1 aliphatic carbocycles. The van der Waals surface area contributed by atoms with Crippen molar-refractivity contribution in [2.24, 2.45) is 0 Å². The fraction of sp³-hybridized carbons (Fsp3) is 0.706. The Morgan fingerprint density at radius 2 is 1.88 bits per heavy atom. The van der Waals surface area contributed by atoms with E-state index in [2.05, 4.69) is 9.62 Å². The molecule has 3 rings (SSSR count). The lowest BCUT2D eigenvalue weighted by atomic mass is 10.0. The second-order valence-corrected chi connectivity index (χ2v) is 9.67. The summed E-state index contributed by atoms with van der Waals surface area (Å²) in [7, 11) is -3.18. The lowest BCUT2D eigenvalue weighted by Crippen LogP contribution is -2.50. The summed E-state index contributed by atoms with van der Waals surface area (Å²) < 4.78 is 27.4. The molecular formula is C17H27N3O3S2. The standard InChI is InChI=1S/C17H27N3O3S2/c21-17(15-6-13-24-14-15)20-11-9-19(10-12-20)8-7-18-25(22,23)16-4-2-1-3-5-16/h6,13-14,16,18H,1-5,7-12H2. The van der Waals surface area contributed by atoms with E-state index < -0.39 is 10.0 Å². The highest BCUT2D eigenvalue weighted by molar-refractivity contribution is 7.90. The minimum absolute atomic E-state index is 0.0962. The Bertz CT molecular complexity index is 647. The molecule has 2 heterocycles. The molecule has 0 atom stereocenters. The minimum atomic E-state index is -3.18. The van der Waals surface area contributed by atoms with Crippen LogP contribution in [0.1, 0.15) is 42.5 Å². The number of thiophene rings is 1. The topological polar surface area (TPSA) is 69.7 Å². The van der Waals surface area contributed by atoms with Crippen molar-refractivity contribution >= 4 is 27.3 Å². The molecule has 1 amide bonds. The van der Waals surface area contributed by atoms with Gasteiger partial charge in [0.05, 0.1) is 10.8 Å². The molecule has 0 radical (unpaired) electrons. The average molecular weight is 386 g/mol. The average Bonchev–Trinajstić information content (AvgIpc) is 3.17. The number of nitrogens with zero attached hydrogens (tertiary/aromatic N) is 2. The van der Waals surface area contributed by atoms with Crippen molar-refractivity contribution in [2.75, 3.05) is 39.3 Å². The minimum Gasteiger partial charge on any atom is -0.336 e. The largest absolute Gasteiger partial charge is 0.336 e. The van der Waals surface area contributed by atoms with Gasteiger partial charge in [-0.2, -0.15) is 11.3 Å². The van der Waals surface area contributed by atoms with Crippen LogP contribution in [0.2, 0.25) is 0 Å². The summed E-state index contributed by atoms with van der Waals surface area (Å²) in [4.78, 5) is 16.4. The van der Waals surface area contributed by atoms with Crippen LogP contribution in [0.3, 0.4) is 0 Å². The molecule has 0 unspecified atom stereocenters. The Hall–Kier alpha value is -0.960. The first kappa shape index (κ1) is 18.8. The molecule has 25 heavy (non-hydrogen) atoms. The molecule has 2 fully saturated rings. The zero-order valence-corrected chi connectivity index (χ0v) is 16.2. The van der Waals surface area contributed by atoms with Crippen molar-refractivity contribution < 1.29 is 13.2 Å². The zero-order valence-electron chi connectivity index (χ0n) is 14.5. The molecule has 1 aromatic rings. The monoisotopic (exact) mass is 385 g/mol. The number of carbonyl (C=O) groups is 1. The molecule has 0 spiro atoms. The highest BCUT2D eigenvalue weighted by atomic mass is 32.2. The van der Waals surface area contributed by atoms with E-state index in [4.69, 9.17) is 0 Å². The number of rotatable bonds is 6. The predicted molar refractivity (Wildman–Crippen MR) is 100 cm³/mol. The highest BCUT2D eigenvalue weighted by Gasteiger charge is 2.27. The van der Waals surface area contributed by atoms with Crippen LogP contribution in [0.15, 0.2) is 16.8 Å². The highest BCUT2D eigenvalue weighted by Crippen LogP contribution is 2.22.